The van der Waals surface area contributed by atoms with Gasteiger partial charge in [-0.05, 0) is 212 Å². The molecule has 1 atom stereocenters. The maximum absolute atomic E-state index is 13.9. The number of carbonyl (C=O) groups is 2. The van der Waals surface area contributed by atoms with Crippen molar-refractivity contribution < 1.29 is 64.7 Å². The Morgan fingerprint density at radius 1 is 0.556 bits per heavy atom. The van der Waals surface area contributed by atoms with Crippen LogP contribution in [0.15, 0.2) is 197 Å². The van der Waals surface area contributed by atoms with Crippen LogP contribution in [0, 0.1) is 37.0 Å². The Bertz CT molecular complexity index is 6040. The molecular formula is C91H95Cl2N13O16S2. The van der Waals surface area contributed by atoms with Crippen molar-refractivity contribution in [2.24, 2.45) is 16.7 Å². The van der Waals surface area contributed by atoms with Crippen molar-refractivity contribution in [3.05, 3.63) is 246 Å². The summed E-state index contributed by atoms with van der Waals surface area (Å²) >= 11 is 12.5. The lowest BCUT2D eigenvalue weighted by Gasteiger charge is -2.47. The average molecular weight is 1760 g/mol. The number of amides is 2. The lowest BCUT2D eigenvalue weighted by atomic mass is 9.59. The summed E-state index contributed by atoms with van der Waals surface area (Å²) in [6.07, 6.45) is 21.4. The molecule has 9 heterocycles. The van der Waals surface area contributed by atoms with Crippen molar-refractivity contribution in [3.8, 4) is 23.0 Å². The molecule has 124 heavy (non-hydrogen) atoms. The van der Waals surface area contributed by atoms with E-state index in [2.05, 4.69) is 85.1 Å². The van der Waals surface area contributed by atoms with Gasteiger partial charge >= 0.3 is 0 Å². The number of carbonyl (C=O) groups excluding carboxylic acids is 2. The molecule has 1 saturated carbocycles. The molecule has 4 saturated heterocycles. The molecule has 29 nitrogen and oxygen atoms in total. The predicted octanol–water partition coefficient (Wildman–Crippen LogP) is 16.4. The number of nitrogens with one attached hydrogen (secondary N) is 6. The molecule has 10 aromatic rings. The smallest absolute Gasteiger partial charge is 0.293 e. The van der Waals surface area contributed by atoms with Gasteiger partial charge in [0.05, 0.1) is 82.3 Å². The highest BCUT2D eigenvalue weighted by molar-refractivity contribution is 7.90. The highest BCUT2D eigenvalue weighted by Crippen LogP contribution is 2.56. The van der Waals surface area contributed by atoms with Gasteiger partial charge < -0.3 is 53.9 Å². The zero-order valence-electron chi connectivity index (χ0n) is 68.1. The highest BCUT2D eigenvalue weighted by Gasteiger charge is 2.44. The molecule has 0 unspecified atom stereocenters. The first-order valence-electron chi connectivity index (χ1n) is 41.9. The summed E-state index contributed by atoms with van der Waals surface area (Å²) in [5, 5.41) is 33.2. The molecule has 0 bridgehead atoms. The van der Waals surface area contributed by atoms with E-state index in [1.54, 1.807) is 60.9 Å². The Hall–Kier alpha value is -11.1. The number of aromatic amines is 2. The fraction of sp³-hybridized carbons (Fsp3) is 0.363. The van der Waals surface area contributed by atoms with Crippen molar-refractivity contribution in [2.75, 3.05) is 127 Å². The summed E-state index contributed by atoms with van der Waals surface area (Å²) in [5.41, 5.74) is 12.3. The maximum atomic E-state index is 13.9. The van der Waals surface area contributed by atoms with Gasteiger partial charge in [-0.2, -0.15) is 0 Å². The lowest BCUT2D eigenvalue weighted by Crippen LogP contribution is -2.48. The normalized spacial score (nSPS) is 18.8. The van der Waals surface area contributed by atoms with E-state index >= 15 is 0 Å². The van der Waals surface area contributed by atoms with Gasteiger partial charge in [0.2, 0.25) is 0 Å². The van der Waals surface area contributed by atoms with Crippen LogP contribution < -0.4 is 34.5 Å². The first-order chi connectivity index (χ1) is 60.0. The van der Waals surface area contributed by atoms with E-state index in [-0.39, 0.29) is 58.0 Å². The molecule has 5 fully saturated rings. The molecule has 4 aromatic heterocycles. The number of H-pyrrole nitrogens is 2. The summed E-state index contributed by atoms with van der Waals surface area (Å²) in [6.45, 7) is 11.2. The zero-order valence-corrected chi connectivity index (χ0v) is 71.3. The Kier molecular flexibility index (Phi) is 25.4. The molecule has 2 amide bonds. The van der Waals surface area contributed by atoms with E-state index in [4.69, 9.17) is 51.6 Å². The predicted molar refractivity (Wildman–Crippen MR) is 473 cm³/mol. The van der Waals surface area contributed by atoms with E-state index in [0.29, 0.717) is 67.8 Å². The number of aromatic nitrogens is 4. The molecule has 5 aliphatic heterocycles. The minimum absolute atomic E-state index is 0.0389. The Morgan fingerprint density at radius 2 is 1.10 bits per heavy atom. The Morgan fingerprint density at radius 3 is 1.62 bits per heavy atom. The van der Waals surface area contributed by atoms with E-state index in [1.807, 2.05) is 36.4 Å². The average Bonchev–Trinajstić information content (AvgIpc) is 0.973. The third-order valence-electron chi connectivity index (χ3n) is 25.1. The summed E-state index contributed by atoms with van der Waals surface area (Å²) < 4.78 is 93.6. The second-order valence-electron chi connectivity index (χ2n) is 33.3. The van der Waals surface area contributed by atoms with Crippen molar-refractivity contribution in [2.45, 2.75) is 92.9 Å². The minimum Gasteiger partial charge on any atom is -0.455 e. The second-order valence-corrected chi connectivity index (χ2v) is 37.5. The fourth-order valence-corrected chi connectivity index (χ4v) is 20.1. The van der Waals surface area contributed by atoms with Crippen molar-refractivity contribution in [1.82, 2.24) is 39.2 Å². The first kappa shape index (κ1) is 85.1. The van der Waals surface area contributed by atoms with Crippen molar-refractivity contribution in [1.29, 1.82) is 0 Å². The molecule has 2 spiro atoms. The number of nitro benzene ring substituents is 2. The number of ether oxygens (including phenoxy) is 6. The molecule has 6 aromatic carbocycles. The van der Waals surface area contributed by atoms with Crippen LogP contribution in [0.25, 0.3) is 38.8 Å². The van der Waals surface area contributed by atoms with Gasteiger partial charge in [-0.25, -0.2) is 36.2 Å². The number of sulfonamides is 2. The number of benzene rings is 6. The van der Waals surface area contributed by atoms with Crippen molar-refractivity contribution >= 4 is 122 Å². The van der Waals surface area contributed by atoms with E-state index < -0.39 is 62.9 Å². The number of hydrogen-bond donors (Lipinski definition) is 6. The molecular weight excluding hydrogens is 1670 g/mol. The number of nitrogens with zero attached hydrogens (tertiary/aromatic N) is 7. The van der Waals surface area contributed by atoms with Gasteiger partial charge in [0, 0.05) is 141 Å². The number of fused-ring (bicyclic) bond motifs is 2. The van der Waals surface area contributed by atoms with Gasteiger partial charge in [0.25, 0.3) is 43.2 Å². The fourth-order valence-electron chi connectivity index (χ4n) is 17.8. The maximum Gasteiger partial charge on any atom is 0.293 e. The van der Waals surface area contributed by atoms with Gasteiger partial charge in [0.1, 0.15) is 45.7 Å². The molecule has 6 N–H and O–H groups in total. The van der Waals surface area contributed by atoms with Crippen LogP contribution in [0.4, 0.5) is 28.4 Å². The third kappa shape index (κ3) is 19.7. The number of hydrogen-bond acceptors (Lipinski definition) is 23. The van der Waals surface area contributed by atoms with Gasteiger partial charge in [-0.15, -0.1) is 0 Å². The number of nitro groups is 2. The monoisotopic (exact) mass is 1760 g/mol. The molecule has 3 aliphatic carbocycles. The van der Waals surface area contributed by atoms with Gasteiger partial charge in [-0.1, -0.05) is 77.2 Å². The third-order valence-corrected chi connectivity index (χ3v) is 28.3. The van der Waals surface area contributed by atoms with Crippen LogP contribution in [0.1, 0.15) is 114 Å². The summed E-state index contributed by atoms with van der Waals surface area (Å²) in [4.78, 5) is 71.9. The van der Waals surface area contributed by atoms with Crippen LogP contribution in [0.3, 0.4) is 0 Å². The Labute approximate surface area is 727 Å². The highest BCUT2D eigenvalue weighted by atomic mass is 35.5. The molecule has 646 valence electrons. The SMILES string of the molecule is O=C(NS(=O)(=O)c1ccc(NCC2CCOCC2)c([N+](=O)[O-])c1)c1ccc(N2CCN(CC3=C(c4ccc(Cl)cc4)CC4(CC3)COC4)CC2)cc1Oc1cnc2[nH]ccc2c1.O=C(NS(=O)(=O)c1ccc(NC[C@@H]2COCCO2)c([N+](=O)[O-])c1)c1ccc(C2=CCN(CC3=C(c4ccc(Cl)cc4)CC4(CCC4)CC3)CC2)cc1Oc1cnc2[nH]ccc2c1. The number of allylic oxidation sites excluding steroid dienone is 2. The number of anilines is 3. The summed E-state index contributed by atoms with van der Waals surface area (Å²) in [5.74, 6) is -0.700. The van der Waals surface area contributed by atoms with Crippen molar-refractivity contribution in [3.63, 3.8) is 0 Å². The largest absolute Gasteiger partial charge is 0.455 e. The van der Waals surface area contributed by atoms with Crippen LogP contribution in [0.5, 0.6) is 23.0 Å². The molecule has 18 rings (SSSR count). The van der Waals surface area contributed by atoms with E-state index in [1.165, 1.54) is 95.8 Å². The number of pyridine rings is 2. The van der Waals surface area contributed by atoms with Crippen LogP contribution in [0.2, 0.25) is 10.0 Å². The summed E-state index contributed by atoms with van der Waals surface area (Å²) in [7, 11) is -9.14. The minimum atomic E-state index is -4.58. The van der Waals surface area contributed by atoms with Gasteiger partial charge in [-0.3, -0.25) is 39.6 Å². The van der Waals surface area contributed by atoms with Crippen LogP contribution >= 0.6 is 23.2 Å². The second kappa shape index (κ2) is 37.0. The van der Waals surface area contributed by atoms with E-state index in [9.17, 15) is 46.7 Å². The number of piperazine rings is 1. The zero-order chi connectivity index (χ0) is 85.7. The molecule has 0 radical (unpaired) electrons. The Balaban J connectivity index is 0.000000176. The lowest BCUT2D eigenvalue weighted by molar-refractivity contribution is -0.384. The first-order valence-corrected chi connectivity index (χ1v) is 45.6. The quantitative estimate of drug-likeness (QED) is 0.0217. The summed E-state index contributed by atoms with van der Waals surface area (Å²) in [6, 6.07) is 40.8. The standard InChI is InChI=1S/C46H47ClN6O8S.C45H48ClN7O8S/c47-35-5-2-31(3-6-35)40-25-46(14-1-15-46)16-10-34(40)28-52-18-12-30(13-19-52)32-4-8-39(43(23-32)61-36-22-33-11-17-48-44(33)50-26-36)45(54)51-62(57,58)38-7-9-41(42(24-38)53(55)56)49-27-37-29-59-20-21-60-37;46-34-3-1-31(2-4-34)39-24-45(28-60-29-45)13-9-33(39)27-51-15-17-52(18-16-51)35-5-7-38(42(22-35)61-36-21-32-10-14-47-43(32)49-26-36)44(54)50-62(57,58)37-6-8-40(41(23-37)53(55)56)48-25-30-11-19-59-20-12-30/h2-9,11-12,17,22-24,26,37,49H,1,10,13-16,18-21,25,27-29H2,(H,48,50)(H,51,54);1-8,10,14,21-23,26,30,48H,9,11-13,15-20,24-25,27-29H2,(H,47,49)(H,50,54)/t37-;/m1./s1. The molecule has 8 aliphatic rings. The van der Waals surface area contributed by atoms with Gasteiger partial charge in [0.15, 0.2) is 0 Å². The van der Waals surface area contributed by atoms with E-state index in [0.717, 1.165) is 167 Å². The molecule has 33 heteroatoms. The number of halogens is 2. The van der Waals surface area contributed by atoms with Crippen LogP contribution in [-0.4, -0.2) is 186 Å². The van der Waals surface area contributed by atoms with Crippen LogP contribution in [-0.2, 0) is 39.0 Å². The number of rotatable bonds is 26. The topological polar surface area (TPSA) is 359 Å².